The molecule has 3 nitrogen and oxygen atoms in total. The molecule has 0 aromatic heterocycles. The monoisotopic (exact) mass is 290 g/mol. The lowest BCUT2D eigenvalue weighted by Gasteiger charge is -2.21. The lowest BCUT2D eigenvalue weighted by molar-refractivity contribution is 0.161. The molecule has 118 valence electrons. The Labute approximate surface area is 129 Å². The first kappa shape index (κ1) is 16.5. The summed E-state index contributed by atoms with van der Waals surface area (Å²) in [7, 11) is 3.90. The Morgan fingerprint density at radius 3 is 2.71 bits per heavy atom. The van der Waals surface area contributed by atoms with Crippen molar-refractivity contribution in [2.45, 2.75) is 38.6 Å². The second-order valence-electron chi connectivity index (χ2n) is 6.21. The van der Waals surface area contributed by atoms with Crippen LogP contribution in [-0.2, 0) is 17.6 Å². The number of rotatable bonds is 8. The van der Waals surface area contributed by atoms with E-state index >= 15 is 0 Å². The predicted molar refractivity (Wildman–Crippen MR) is 88.9 cm³/mol. The van der Waals surface area contributed by atoms with Gasteiger partial charge in [0.05, 0.1) is 6.61 Å². The van der Waals surface area contributed by atoms with Gasteiger partial charge in [-0.2, -0.15) is 0 Å². The number of methoxy groups -OCH3 is 1. The van der Waals surface area contributed by atoms with Crippen molar-refractivity contribution in [2.24, 2.45) is 0 Å². The second kappa shape index (κ2) is 8.52. The molecule has 0 saturated carbocycles. The molecule has 1 N–H and O–H groups in total. The van der Waals surface area contributed by atoms with Gasteiger partial charge in [-0.25, -0.2) is 0 Å². The molecular formula is C18H30N2O. The molecular weight excluding hydrogens is 260 g/mol. The minimum atomic E-state index is 0.424. The number of hydrogen-bond donors (Lipinski definition) is 1. The Balaban J connectivity index is 1.79. The first-order valence-electron chi connectivity index (χ1n) is 8.23. The Morgan fingerprint density at radius 1 is 1.19 bits per heavy atom. The maximum absolute atomic E-state index is 5.10. The molecule has 0 fully saturated rings. The number of ether oxygens (including phenoxy) is 1. The van der Waals surface area contributed by atoms with Crippen LogP contribution in [-0.4, -0.2) is 45.3 Å². The molecule has 1 aromatic rings. The van der Waals surface area contributed by atoms with Gasteiger partial charge in [0.25, 0.3) is 0 Å². The van der Waals surface area contributed by atoms with Crippen molar-refractivity contribution in [1.82, 2.24) is 10.2 Å². The predicted octanol–water partition coefficient (Wildman–Crippen LogP) is 2.79. The minimum Gasteiger partial charge on any atom is -0.383 e. The largest absolute Gasteiger partial charge is 0.383 e. The zero-order valence-corrected chi connectivity index (χ0v) is 13.8. The molecule has 1 aliphatic carbocycles. The van der Waals surface area contributed by atoms with E-state index in [0.29, 0.717) is 6.04 Å². The average molecular weight is 290 g/mol. The zero-order valence-electron chi connectivity index (χ0n) is 13.8. The first-order chi connectivity index (χ1) is 10.2. The van der Waals surface area contributed by atoms with Gasteiger partial charge in [0.15, 0.2) is 0 Å². The molecule has 0 radical (unpaired) electrons. The van der Waals surface area contributed by atoms with Crippen LogP contribution < -0.4 is 5.32 Å². The molecule has 0 aliphatic heterocycles. The maximum atomic E-state index is 5.10. The Morgan fingerprint density at radius 2 is 1.95 bits per heavy atom. The molecule has 3 heteroatoms. The number of hydrogen-bond acceptors (Lipinski definition) is 3. The molecule has 2 rings (SSSR count). The number of benzene rings is 1. The van der Waals surface area contributed by atoms with E-state index in [1.165, 1.54) is 31.2 Å². The van der Waals surface area contributed by atoms with Crippen LogP contribution in [0.1, 0.15) is 42.5 Å². The summed E-state index contributed by atoms with van der Waals surface area (Å²) in [6.07, 6.45) is 5.23. The SMILES string of the molecule is COCCN(C)CCNC(C)c1ccc2c(c1)CCCC2. The molecule has 0 heterocycles. The summed E-state index contributed by atoms with van der Waals surface area (Å²) in [5, 5.41) is 3.63. The molecule has 0 spiro atoms. The Kier molecular flexibility index (Phi) is 6.68. The topological polar surface area (TPSA) is 24.5 Å². The highest BCUT2D eigenvalue weighted by Gasteiger charge is 2.12. The minimum absolute atomic E-state index is 0.424. The van der Waals surface area contributed by atoms with Crippen molar-refractivity contribution < 1.29 is 4.74 Å². The summed E-state index contributed by atoms with van der Waals surface area (Å²) in [5.41, 5.74) is 4.57. The summed E-state index contributed by atoms with van der Waals surface area (Å²) in [4.78, 5) is 2.30. The third-order valence-corrected chi connectivity index (χ3v) is 4.49. The molecule has 21 heavy (non-hydrogen) atoms. The van der Waals surface area contributed by atoms with Crippen molar-refractivity contribution in [1.29, 1.82) is 0 Å². The fourth-order valence-corrected chi connectivity index (χ4v) is 2.97. The van der Waals surface area contributed by atoms with Crippen molar-refractivity contribution in [3.05, 3.63) is 34.9 Å². The van der Waals surface area contributed by atoms with E-state index in [-0.39, 0.29) is 0 Å². The number of likely N-dealkylation sites (N-methyl/N-ethyl adjacent to an activating group) is 1. The van der Waals surface area contributed by atoms with Crippen molar-refractivity contribution >= 4 is 0 Å². The van der Waals surface area contributed by atoms with Gasteiger partial charge in [-0.15, -0.1) is 0 Å². The highest BCUT2D eigenvalue weighted by molar-refractivity contribution is 5.35. The number of aryl methyl sites for hydroxylation is 2. The summed E-state index contributed by atoms with van der Waals surface area (Å²) in [6, 6.07) is 7.48. The molecule has 0 amide bonds. The normalized spacial score (nSPS) is 16.0. The molecule has 1 aromatic carbocycles. The summed E-state index contributed by atoms with van der Waals surface area (Å²) < 4.78 is 5.10. The van der Waals surface area contributed by atoms with Crippen LogP contribution in [0.4, 0.5) is 0 Å². The highest BCUT2D eigenvalue weighted by atomic mass is 16.5. The van der Waals surface area contributed by atoms with E-state index in [1.54, 1.807) is 18.2 Å². The van der Waals surface area contributed by atoms with Gasteiger partial charge in [-0.05, 0) is 56.3 Å². The van der Waals surface area contributed by atoms with Gasteiger partial charge in [0.1, 0.15) is 0 Å². The van der Waals surface area contributed by atoms with Gasteiger partial charge in [-0.3, -0.25) is 0 Å². The van der Waals surface area contributed by atoms with E-state index in [1.807, 2.05) is 0 Å². The first-order valence-corrected chi connectivity index (χ1v) is 8.23. The van der Waals surface area contributed by atoms with Gasteiger partial charge in [0, 0.05) is 32.8 Å². The molecule has 1 unspecified atom stereocenters. The fraction of sp³-hybridized carbons (Fsp3) is 0.667. The maximum Gasteiger partial charge on any atom is 0.0589 e. The highest BCUT2D eigenvalue weighted by Crippen LogP contribution is 2.24. The molecule has 1 atom stereocenters. The van der Waals surface area contributed by atoms with Crippen LogP contribution in [0.2, 0.25) is 0 Å². The van der Waals surface area contributed by atoms with Crippen LogP contribution in [0.3, 0.4) is 0 Å². The van der Waals surface area contributed by atoms with Gasteiger partial charge in [-0.1, -0.05) is 18.2 Å². The number of nitrogens with one attached hydrogen (secondary N) is 1. The Hall–Kier alpha value is -0.900. The number of nitrogens with zero attached hydrogens (tertiary/aromatic N) is 1. The quantitative estimate of drug-likeness (QED) is 0.797. The van der Waals surface area contributed by atoms with Crippen LogP contribution in [0, 0.1) is 0 Å². The Bertz CT molecular complexity index is 433. The van der Waals surface area contributed by atoms with Gasteiger partial charge >= 0.3 is 0 Å². The fourth-order valence-electron chi connectivity index (χ4n) is 2.97. The van der Waals surface area contributed by atoms with E-state index < -0.39 is 0 Å². The lowest BCUT2D eigenvalue weighted by atomic mass is 9.89. The van der Waals surface area contributed by atoms with Crippen LogP contribution >= 0.6 is 0 Å². The molecule has 0 bridgehead atoms. The molecule has 1 aliphatic rings. The lowest BCUT2D eigenvalue weighted by Crippen LogP contribution is -2.32. The third kappa shape index (κ3) is 5.10. The van der Waals surface area contributed by atoms with E-state index in [9.17, 15) is 0 Å². The standard InChI is InChI=1S/C18H30N2O/c1-15(19-10-11-20(2)12-13-21-3)17-9-8-16-6-4-5-7-18(16)14-17/h8-9,14-15,19H,4-7,10-13H2,1-3H3. The third-order valence-electron chi connectivity index (χ3n) is 4.49. The van der Waals surface area contributed by atoms with Gasteiger partial charge in [0.2, 0.25) is 0 Å². The summed E-state index contributed by atoms with van der Waals surface area (Å²) >= 11 is 0. The molecule has 0 saturated heterocycles. The zero-order chi connectivity index (χ0) is 15.1. The number of fused-ring (bicyclic) bond motifs is 1. The smallest absolute Gasteiger partial charge is 0.0589 e. The summed E-state index contributed by atoms with van der Waals surface area (Å²) in [6.45, 7) is 6.12. The van der Waals surface area contributed by atoms with E-state index in [0.717, 1.165) is 26.2 Å². The average Bonchev–Trinajstić information content (AvgIpc) is 2.52. The second-order valence-corrected chi connectivity index (χ2v) is 6.21. The van der Waals surface area contributed by atoms with Crippen molar-refractivity contribution in [2.75, 3.05) is 40.4 Å². The summed E-state index contributed by atoms with van der Waals surface area (Å²) in [5.74, 6) is 0. The van der Waals surface area contributed by atoms with Crippen LogP contribution in [0.15, 0.2) is 18.2 Å². The van der Waals surface area contributed by atoms with E-state index in [4.69, 9.17) is 4.74 Å². The van der Waals surface area contributed by atoms with Crippen molar-refractivity contribution in [3.8, 4) is 0 Å². The van der Waals surface area contributed by atoms with E-state index in [2.05, 4.69) is 42.4 Å². The van der Waals surface area contributed by atoms with Crippen molar-refractivity contribution in [3.63, 3.8) is 0 Å². The van der Waals surface area contributed by atoms with Crippen LogP contribution in [0.5, 0.6) is 0 Å². The van der Waals surface area contributed by atoms with Gasteiger partial charge < -0.3 is 15.0 Å². The van der Waals surface area contributed by atoms with Crippen LogP contribution in [0.25, 0.3) is 0 Å².